The van der Waals surface area contributed by atoms with Crippen LogP contribution >= 0.6 is 0 Å². The maximum Gasteiger partial charge on any atom is 0.410 e. The third-order valence-corrected chi connectivity index (χ3v) is 3.09. The van der Waals surface area contributed by atoms with Gasteiger partial charge in [-0.25, -0.2) is 9.59 Å². The molecule has 0 heterocycles. The molecule has 2 amide bonds. The summed E-state index contributed by atoms with van der Waals surface area (Å²) in [5.74, 6) is 0. The second kappa shape index (κ2) is 9.88. The van der Waals surface area contributed by atoms with Gasteiger partial charge < -0.3 is 24.8 Å². The second-order valence-corrected chi connectivity index (χ2v) is 6.76. The molecule has 1 rings (SSSR count). The molecule has 7 nitrogen and oxygen atoms in total. The van der Waals surface area contributed by atoms with Gasteiger partial charge in [-0.2, -0.15) is 0 Å². The molecule has 0 saturated carbocycles. The molecule has 7 heteroatoms. The van der Waals surface area contributed by atoms with Gasteiger partial charge in [-0.1, -0.05) is 30.3 Å². The summed E-state index contributed by atoms with van der Waals surface area (Å²) in [6.45, 7) is 7.37. The third-order valence-electron chi connectivity index (χ3n) is 3.09. The van der Waals surface area contributed by atoms with Gasteiger partial charge >= 0.3 is 12.2 Å². The molecule has 1 atom stereocenters. The van der Waals surface area contributed by atoms with Crippen molar-refractivity contribution in [1.82, 2.24) is 10.2 Å². The van der Waals surface area contributed by atoms with Crippen LogP contribution in [0.3, 0.4) is 0 Å². The summed E-state index contributed by atoms with van der Waals surface area (Å²) in [5, 5.41) is 11.8. The Morgan fingerprint density at radius 1 is 1.24 bits per heavy atom. The first-order chi connectivity index (χ1) is 11.7. The summed E-state index contributed by atoms with van der Waals surface area (Å²) in [5.41, 5.74) is 0.261. The van der Waals surface area contributed by atoms with E-state index in [1.165, 1.54) is 4.90 Å². The van der Waals surface area contributed by atoms with E-state index < -0.39 is 17.8 Å². The van der Waals surface area contributed by atoms with Crippen LogP contribution in [0.15, 0.2) is 30.3 Å². The average Bonchev–Trinajstić information content (AvgIpc) is 2.52. The van der Waals surface area contributed by atoms with Gasteiger partial charge in [0.05, 0.1) is 6.61 Å². The highest BCUT2D eigenvalue weighted by Crippen LogP contribution is 2.10. The van der Waals surface area contributed by atoms with Crippen molar-refractivity contribution in [1.29, 1.82) is 0 Å². The van der Waals surface area contributed by atoms with Gasteiger partial charge in [0.25, 0.3) is 0 Å². The highest BCUT2D eigenvalue weighted by atomic mass is 16.6. The molecule has 1 unspecified atom stereocenters. The predicted molar refractivity (Wildman–Crippen MR) is 94.1 cm³/mol. The number of rotatable bonds is 7. The zero-order valence-corrected chi connectivity index (χ0v) is 15.3. The highest BCUT2D eigenvalue weighted by Gasteiger charge is 2.23. The average molecular weight is 352 g/mol. The summed E-state index contributed by atoms with van der Waals surface area (Å²) < 4.78 is 10.4. The minimum atomic E-state index is -0.629. The van der Waals surface area contributed by atoms with Crippen molar-refractivity contribution in [2.24, 2.45) is 0 Å². The molecule has 0 aliphatic rings. The van der Waals surface area contributed by atoms with Crippen molar-refractivity contribution in [3.05, 3.63) is 35.9 Å². The monoisotopic (exact) mass is 352 g/mol. The molecule has 140 valence electrons. The van der Waals surface area contributed by atoms with Gasteiger partial charge in [0.1, 0.15) is 12.2 Å². The minimum absolute atomic E-state index is 0.125. The minimum Gasteiger partial charge on any atom is -0.445 e. The normalized spacial score (nSPS) is 12.2. The summed E-state index contributed by atoms with van der Waals surface area (Å²) in [4.78, 5) is 25.3. The van der Waals surface area contributed by atoms with E-state index >= 15 is 0 Å². The molecular weight excluding hydrogens is 324 g/mol. The molecule has 0 aliphatic heterocycles. The Hall–Kier alpha value is -2.28. The summed E-state index contributed by atoms with van der Waals surface area (Å²) in [7, 11) is 0. The lowest BCUT2D eigenvalue weighted by molar-refractivity contribution is 0.0201. The molecule has 2 N–H and O–H groups in total. The lowest BCUT2D eigenvalue weighted by Gasteiger charge is -2.29. The van der Waals surface area contributed by atoms with Crippen LogP contribution in [-0.4, -0.2) is 53.5 Å². The third kappa shape index (κ3) is 8.95. The number of hydrogen-bond acceptors (Lipinski definition) is 5. The Labute approximate surface area is 148 Å². The molecule has 0 spiro atoms. The van der Waals surface area contributed by atoms with Crippen molar-refractivity contribution >= 4 is 12.2 Å². The summed E-state index contributed by atoms with van der Waals surface area (Å²) in [6.07, 6.45) is -1.10. The topological polar surface area (TPSA) is 88.1 Å². The highest BCUT2D eigenvalue weighted by molar-refractivity contribution is 5.69. The zero-order valence-electron chi connectivity index (χ0n) is 15.3. The Balaban J connectivity index is 2.46. The molecule has 0 bridgehead atoms. The fourth-order valence-electron chi connectivity index (χ4n) is 2.05. The number of nitrogens with one attached hydrogen (secondary N) is 1. The van der Waals surface area contributed by atoms with Crippen LogP contribution in [0.5, 0.6) is 0 Å². The summed E-state index contributed by atoms with van der Waals surface area (Å²) >= 11 is 0. The van der Waals surface area contributed by atoms with Crippen molar-refractivity contribution in [2.45, 2.75) is 45.9 Å². The smallest absolute Gasteiger partial charge is 0.410 e. The van der Waals surface area contributed by atoms with Crippen molar-refractivity contribution in [2.75, 3.05) is 19.7 Å². The van der Waals surface area contributed by atoms with E-state index in [4.69, 9.17) is 14.6 Å². The number of alkyl carbamates (subject to hydrolysis) is 1. The van der Waals surface area contributed by atoms with Crippen molar-refractivity contribution in [3.63, 3.8) is 0 Å². The standard InChI is InChI=1S/C18H28N2O5/c1-14(12-20(10-11-21)17(23)25-18(2,3)4)19-16(22)24-13-15-8-6-5-7-9-15/h5-9,14,21H,10-13H2,1-4H3,(H,19,22). The van der Waals surface area contributed by atoms with Gasteiger partial charge in [-0.3, -0.25) is 0 Å². The lowest BCUT2D eigenvalue weighted by atomic mass is 10.2. The first-order valence-corrected chi connectivity index (χ1v) is 8.27. The van der Waals surface area contributed by atoms with E-state index in [0.29, 0.717) is 0 Å². The number of aliphatic hydroxyl groups is 1. The molecule has 0 aliphatic carbocycles. The van der Waals surface area contributed by atoms with Gasteiger partial charge in [0, 0.05) is 19.1 Å². The fourth-order valence-corrected chi connectivity index (χ4v) is 2.05. The molecule has 0 saturated heterocycles. The Morgan fingerprint density at radius 3 is 2.44 bits per heavy atom. The zero-order chi connectivity index (χ0) is 18.9. The first-order valence-electron chi connectivity index (χ1n) is 8.27. The largest absolute Gasteiger partial charge is 0.445 e. The van der Waals surface area contributed by atoms with Crippen LogP contribution in [0.1, 0.15) is 33.3 Å². The first kappa shape index (κ1) is 20.8. The van der Waals surface area contributed by atoms with E-state index in [9.17, 15) is 9.59 Å². The fraction of sp³-hybridized carbons (Fsp3) is 0.556. The molecule has 0 radical (unpaired) electrons. The number of carbonyl (C=O) groups is 2. The maximum atomic E-state index is 12.1. The molecule has 0 aromatic heterocycles. The molecule has 1 aromatic rings. The van der Waals surface area contributed by atoms with Gasteiger partial charge in [-0.15, -0.1) is 0 Å². The molecular formula is C18H28N2O5. The predicted octanol–water partition coefficient (Wildman–Crippen LogP) is 2.53. The van der Waals surface area contributed by atoms with E-state index in [1.807, 2.05) is 30.3 Å². The van der Waals surface area contributed by atoms with Gasteiger partial charge in [-0.05, 0) is 33.3 Å². The van der Waals surface area contributed by atoms with Gasteiger partial charge in [0.2, 0.25) is 0 Å². The van der Waals surface area contributed by atoms with Crippen LogP contribution in [0, 0.1) is 0 Å². The maximum absolute atomic E-state index is 12.1. The Kier molecular flexibility index (Phi) is 8.21. The number of benzene rings is 1. The Morgan fingerprint density at radius 2 is 1.88 bits per heavy atom. The number of ether oxygens (including phenoxy) is 2. The van der Waals surface area contributed by atoms with Crippen molar-refractivity contribution in [3.8, 4) is 0 Å². The Bertz CT molecular complexity index is 542. The molecule has 1 aromatic carbocycles. The van der Waals surface area contributed by atoms with E-state index in [2.05, 4.69) is 5.32 Å². The number of hydrogen-bond donors (Lipinski definition) is 2. The number of aliphatic hydroxyl groups excluding tert-OH is 1. The van der Waals surface area contributed by atoms with Crippen molar-refractivity contribution < 1.29 is 24.2 Å². The lowest BCUT2D eigenvalue weighted by Crippen LogP contribution is -2.47. The molecule has 25 heavy (non-hydrogen) atoms. The summed E-state index contributed by atoms with van der Waals surface area (Å²) in [6, 6.07) is 8.99. The van der Waals surface area contributed by atoms with Crippen LogP contribution in [-0.2, 0) is 16.1 Å². The van der Waals surface area contributed by atoms with Gasteiger partial charge in [0.15, 0.2) is 0 Å². The van der Waals surface area contributed by atoms with E-state index in [-0.39, 0.29) is 32.3 Å². The second-order valence-electron chi connectivity index (χ2n) is 6.76. The number of nitrogens with zero attached hydrogens (tertiary/aromatic N) is 1. The molecule has 0 fully saturated rings. The van der Waals surface area contributed by atoms with Crippen LogP contribution in [0.4, 0.5) is 9.59 Å². The van der Waals surface area contributed by atoms with Crippen LogP contribution < -0.4 is 5.32 Å². The van der Waals surface area contributed by atoms with Crippen LogP contribution in [0.25, 0.3) is 0 Å². The number of carbonyl (C=O) groups excluding carboxylic acids is 2. The van der Waals surface area contributed by atoms with E-state index in [0.717, 1.165) is 5.56 Å². The van der Waals surface area contributed by atoms with E-state index in [1.54, 1.807) is 27.7 Å². The SMILES string of the molecule is CC(CN(CCO)C(=O)OC(C)(C)C)NC(=O)OCc1ccccc1. The quantitative estimate of drug-likeness (QED) is 0.787. The van der Waals surface area contributed by atoms with Crippen LogP contribution in [0.2, 0.25) is 0 Å². The number of amides is 2.